The lowest BCUT2D eigenvalue weighted by Gasteiger charge is -2.45. The first-order chi connectivity index (χ1) is 12.0. The van der Waals surface area contributed by atoms with Crippen molar-refractivity contribution >= 4 is 17.3 Å². The fraction of sp³-hybridized carbons (Fsp3) is 0.381. The van der Waals surface area contributed by atoms with Crippen molar-refractivity contribution in [2.24, 2.45) is 0 Å². The smallest absolute Gasteiger partial charge is 0.248 e. The number of rotatable bonds is 2. The first-order valence-electron chi connectivity index (χ1n) is 8.98. The summed E-state index contributed by atoms with van der Waals surface area (Å²) in [6.07, 6.45) is 0. The molecular weight excluding hydrogens is 310 g/mol. The van der Waals surface area contributed by atoms with Crippen molar-refractivity contribution in [3.05, 3.63) is 58.7 Å². The standard InChI is InChI=1S/C21H25N3O/c1-14-4-7-18-19(10-14)24-9-8-23(13-20(24)21(25)22-18)12-17-6-5-15(2)16(3)11-17/h4-7,10-11,20H,8-9,12-13H2,1-3H3,(H,22,25). The Kier molecular flexibility index (Phi) is 4.00. The first-order valence-corrected chi connectivity index (χ1v) is 8.98. The van der Waals surface area contributed by atoms with Gasteiger partial charge in [-0.1, -0.05) is 24.3 Å². The van der Waals surface area contributed by atoms with E-state index in [2.05, 4.69) is 66.2 Å². The Morgan fingerprint density at radius 2 is 1.88 bits per heavy atom. The van der Waals surface area contributed by atoms with Gasteiger partial charge in [-0.15, -0.1) is 0 Å². The van der Waals surface area contributed by atoms with Gasteiger partial charge in [-0.2, -0.15) is 0 Å². The average Bonchev–Trinajstić information content (AvgIpc) is 2.59. The number of nitrogens with zero attached hydrogens (tertiary/aromatic N) is 2. The van der Waals surface area contributed by atoms with Gasteiger partial charge in [0.25, 0.3) is 0 Å². The molecule has 25 heavy (non-hydrogen) atoms. The molecule has 1 amide bonds. The molecule has 1 N–H and O–H groups in total. The van der Waals surface area contributed by atoms with Gasteiger partial charge in [0, 0.05) is 26.2 Å². The van der Waals surface area contributed by atoms with Gasteiger partial charge in [-0.05, 0) is 55.2 Å². The van der Waals surface area contributed by atoms with E-state index >= 15 is 0 Å². The minimum Gasteiger partial charge on any atom is -0.355 e. The maximum Gasteiger partial charge on any atom is 0.248 e. The first kappa shape index (κ1) is 16.2. The summed E-state index contributed by atoms with van der Waals surface area (Å²) >= 11 is 0. The molecule has 0 spiro atoms. The minimum absolute atomic E-state index is 0.102. The van der Waals surface area contributed by atoms with Gasteiger partial charge in [0.05, 0.1) is 11.4 Å². The second kappa shape index (κ2) is 6.19. The molecule has 1 atom stereocenters. The molecule has 0 aromatic heterocycles. The number of piperazine rings is 1. The number of benzene rings is 2. The summed E-state index contributed by atoms with van der Waals surface area (Å²) in [4.78, 5) is 17.3. The highest BCUT2D eigenvalue weighted by atomic mass is 16.2. The largest absolute Gasteiger partial charge is 0.355 e. The number of aryl methyl sites for hydroxylation is 3. The van der Waals surface area contributed by atoms with Crippen LogP contribution in [0.1, 0.15) is 22.3 Å². The van der Waals surface area contributed by atoms with Crippen LogP contribution in [0.15, 0.2) is 36.4 Å². The van der Waals surface area contributed by atoms with Crippen LogP contribution in [0.2, 0.25) is 0 Å². The molecule has 130 valence electrons. The molecule has 1 fully saturated rings. The van der Waals surface area contributed by atoms with Crippen molar-refractivity contribution in [2.75, 3.05) is 29.9 Å². The molecule has 0 radical (unpaired) electrons. The molecule has 0 aliphatic carbocycles. The number of nitrogens with one attached hydrogen (secondary N) is 1. The van der Waals surface area contributed by atoms with Crippen LogP contribution in [0.25, 0.3) is 0 Å². The van der Waals surface area contributed by atoms with Gasteiger partial charge in [0.1, 0.15) is 6.04 Å². The van der Waals surface area contributed by atoms with Gasteiger partial charge in [0.15, 0.2) is 0 Å². The lowest BCUT2D eigenvalue weighted by Crippen LogP contribution is -2.59. The van der Waals surface area contributed by atoms with E-state index in [0.29, 0.717) is 0 Å². The maximum absolute atomic E-state index is 12.6. The molecule has 0 saturated carbocycles. The molecule has 1 saturated heterocycles. The number of anilines is 2. The van der Waals surface area contributed by atoms with E-state index in [9.17, 15) is 4.79 Å². The van der Waals surface area contributed by atoms with Crippen molar-refractivity contribution in [1.82, 2.24) is 4.90 Å². The number of amides is 1. The van der Waals surface area contributed by atoms with Gasteiger partial charge < -0.3 is 10.2 Å². The fourth-order valence-corrected chi connectivity index (χ4v) is 3.86. The fourth-order valence-electron chi connectivity index (χ4n) is 3.86. The summed E-state index contributed by atoms with van der Waals surface area (Å²) in [5.74, 6) is 0.112. The van der Waals surface area contributed by atoms with E-state index in [1.54, 1.807) is 0 Å². The molecule has 2 heterocycles. The third kappa shape index (κ3) is 3.02. The van der Waals surface area contributed by atoms with Crippen LogP contribution in [-0.2, 0) is 11.3 Å². The molecule has 4 rings (SSSR count). The molecule has 0 bridgehead atoms. The van der Waals surface area contributed by atoms with E-state index in [1.807, 2.05) is 6.07 Å². The number of fused-ring (bicyclic) bond motifs is 3. The summed E-state index contributed by atoms with van der Waals surface area (Å²) in [6.45, 7) is 9.94. The third-order valence-corrected chi connectivity index (χ3v) is 5.47. The van der Waals surface area contributed by atoms with Crippen LogP contribution >= 0.6 is 0 Å². The number of hydrogen-bond acceptors (Lipinski definition) is 3. The molecule has 2 aromatic rings. The molecule has 2 aliphatic heterocycles. The quantitative estimate of drug-likeness (QED) is 0.915. The van der Waals surface area contributed by atoms with Crippen molar-refractivity contribution < 1.29 is 4.79 Å². The lowest BCUT2D eigenvalue weighted by atomic mass is 10.0. The van der Waals surface area contributed by atoms with E-state index in [4.69, 9.17) is 0 Å². The number of carbonyl (C=O) groups excluding carboxylic acids is 1. The van der Waals surface area contributed by atoms with Crippen LogP contribution in [0.3, 0.4) is 0 Å². The summed E-state index contributed by atoms with van der Waals surface area (Å²) in [6, 6.07) is 12.8. The Labute approximate surface area is 149 Å². The molecule has 4 nitrogen and oxygen atoms in total. The predicted octanol–water partition coefficient (Wildman–Crippen LogP) is 3.25. The van der Waals surface area contributed by atoms with E-state index in [1.165, 1.54) is 22.3 Å². The van der Waals surface area contributed by atoms with Crippen molar-refractivity contribution in [1.29, 1.82) is 0 Å². The molecular formula is C21H25N3O. The van der Waals surface area contributed by atoms with Gasteiger partial charge in [0.2, 0.25) is 5.91 Å². The zero-order chi connectivity index (χ0) is 17.6. The molecule has 4 heteroatoms. The second-order valence-corrected chi connectivity index (χ2v) is 7.37. The summed E-state index contributed by atoms with van der Waals surface area (Å²) in [5, 5.41) is 3.08. The highest BCUT2D eigenvalue weighted by Gasteiger charge is 2.37. The normalized spacial score (nSPS) is 20.0. The van der Waals surface area contributed by atoms with Gasteiger partial charge in [-0.25, -0.2) is 0 Å². The van der Waals surface area contributed by atoms with Crippen molar-refractivity contribution in [3.63, 3.8) is 0 Å². The van der Waals surface area contributed by atoms with Crippen molar-refractivity contribution in [2.45, 2.75) is 33.4 Å². The van der Waals surface area contributed by atoms with Crippen LogP contribution in [-0.4, -0.2) is 36.5 Å². The average molecular weight is 335 g/mol. The van der Waals surface area contributed by atoms with E-state index in [0.717, 1.165) is 37.6 Å². The van der Waals surface area contributed by atoms with Crippen molar-refractivity contribution in [3.8, 4) is 0 Å². The molecule has 2 aliphatic rings. The second-order valence-electron chi connectivity index (χ2n) is 7.37. The lowest BCUT2D eigenvalue weighted by molar-refractivity contribution is -0.118. The van der Waals surface area contributed by atoms with E-state index < -0.39 is 0 Å². The van der Waals surface area contributed by atoms with Crippen LogP contribution in [0, 0.1) is 20.8 Å². The summed E-state index contributed by atoms with van der Waals surface area (Å²) in [7, 11) is 0. The zero-order valence-corrected chi connectivity index (χ0v) is 15.2. The predicted molar refractivity (Wildman–Crippen MR) is 102 cm³/mol. The Bertz CT molecular complexity index is 830. The molecule has 1 unspecified atom stereocenters. The van der Waals surface area contributed by atoms with Crippen LogP contribution in [0.5, 0.6) is 0 Å². The Hall–Kier alpha value is -2.33. The monoisotopic (exact) mass is 335 g/mol. The summed E-state index contributed by atoms with van der Waals surface area (Å²) in [5.41, 5.74) is 7.31. The highest BCUT2D eigenvalue weighted by Crippen LogP contribution is 2.34. The SMILES string of the molecule is Cc1ccc2c(c1)N1CCN(Cc3ccc(C)c(C)c3)CC1C(=O)N2. The number of carbonyl (C=O) groups is 1. The zero-order valence-electron chi connectivity index (χ0n) is 15.2. The van der Waals surface area contributed by atoms with Gasteiger partial charge >= 0.3 is 0 Å². The Morgan fingerprint density at radius 3 is 2.68 bits per heavy atom. The highest BCUT2D eigenvalue weighted by molar-refractivity contribution is 6.04. The van der Waals surface area contributed by atoms with Gasteiger partial charge in [-0.3, -0.25) is 9.69 Å². The van der Waals surface area contributed by atoms with E-state index in [-0.39, 0.29) is 11.9 Å². The Morgan fingerprint density at radius 1 is 1.04 bits per heavy atom. The topological polar surface area (TPSA) is 35.6 Å². The van der Waals surface area contributed by atoms with Crippen LogP contribution in [0.4, 0.5) is 11.4 Å². The maximum atomic E-state index is 12.6. The number of hydrogen-bond donors (Lipinski definition) is 1. The summed E-state index contributed by atoms with van der Waals surface area (Å²) < 4.78 is 0. The Balaban J connectivity index is 1.53. The van der Waals surface area contributed by atoms with Crippen LogP contribution < -0.4 is 10.2 Å². The minimum atomic E-state index is -0.102. The third-order valence-electron chi connectivity index (χ3n) is 5.47. The molecule has 2 aromatic carbocycles.